The van der Waals surface area contributed by atoms with Crippen molar-refractivity contribution in [2.75, 3.05) is 32.7 Å². The smallest absolute Gasteiger partial charge is 0.326 e. The second kappa shape index (κ2) is 5.81. The number of hydrogen-bond donors (Lipinski definition) is 2. The molecule has 0 aromatic heterocycles. The molecule has 0 radical (unpaired) electrons. The van der Waals surface area contributed by atoms with Crippen LogP contribution in [-0.4, -0.2) is 87.8 Å². The molecule has 7 heteroatoms. The first-order valence-corrected chi connectivity index (χ1v) is 7.76. The molecule has 3 fully saturated rings. The number of fused-ring (bicyclic) bond motifs is 1. The van der Waals surface area contributed by atoms with Crippen molar-refractivity contribution in [3.8, 4) is 0 Å². The minimum atomic E-state index is -1.03. The number of carbonyl (C=O) groups excluding carboxylic acids is 1. The van der Waals surface area contributed by atoms with Gasteiger partial charge >= 0.3 is 12.0 Å². The Morgan fingerprint density at radius 1 is 1.05 bits per heavy atom. The molecule has 21 heavy (non-hydrogen) atoms. The molecule has 3 aliphatic heterocycles. The maximum atomic E-state index is 12.6. The molecule has 3 rings (SSSR count). The first-order valence-electron chi connectivity index (χ1n) is 7.76. The molecular formula is C14H23N3O4. The average Bonchev–Trinajstić information content (AvgIpc) is 2.88. The summed E-state index contributed by atoms with van der Waals surface area (Å²) in [5.74, 6) is -1.03. The predicted molar refractivity (Wildman–Crippen MR) is 74.9 cm³/mol. The van der Waals surface area contributed by atoms with Crippen molar-refractivity contribution < 1.29 is 19.8 Å². The molecular weight excluding hydrogens is 274 g/mol. The molecule has 3 saturated heterocycles. The van der Waals surface area contributed by atoms with E-state index in [9.17, 15) is 19.8 Å². The molecule has 3 atom stereocenters. The number of amides is 2. The Morgan fingerprint density at radius 2 is 1.86 bits per heavy atom. The number of aliphatic hydroxyl groups excluding tert-OH is 1. The number of likely N-dealkylation sites (tertiary alicyclic amines) is 1. The van der Waals surface area contributed by atoms with Crippen LogP contribution in [0.25, 0.3) is 0 Å². The Morgan fingerprint density at radius 3 is 2.62 bits per heavy atom. The van der Waals surface area contributed by atoms with E-state index < -0.39 is 18.1 Å². The molecule has 0 bridgehead atoms. The van der Waals surface area contributed by atoms with E-state index >= 15 is 0 Å². The third-order valence-corrected chi connectivity index (χ3v) is 4.92. The van der Waals surface area contributed by atoms with E-state index in [1.807, 2.05) is 0 Å². The number of carboxylic acids is 1. The van der Waals surface area contributed by atoms with Crippen molar-refractivity contribution >= 4 is 12.0 Å². The molecule has 0 aromatic carbocycles. The largest absolute Gasteiger partial charge is 0.480 e. The van der Waals surface area contributed by atoms with Crippen LogP contribution in [0.5, 0.6) is 0 Å². The molecule has 0 aromatic rings. The van der Waals surface area contributed by atoms with Crippen molar-refractivity contribution in [2.24, 2.45) is 0 Å². The highest BCUT2D eigenvalue weighted by molar-refractivity contribution is 5.83. The zero-order valence-corrected chi connectivity index (χ0v) is 12.1. The first kappa shape index (κ1) is 14.6. The maximum absolute atomic E-state index is 12.6. The summed E-state index contributed by atoms with van der Waals surface area (Å²) in [5.41, 5.74) is 0. The highest BCUT2D eigenvalue weighted by Crippen LogP contribution is 2.24. The Kier molecular flexibility index (Phi) is 4.03. The molecule has 0 spiro atoms. The van der Waals surface area contributed by atoms with Crippen molar-refractivity contribution in [2.45, 2.75) is 43.9 Å². The number of β-amino-alcohol motifs (C(OH)–C–C–N with tert-alkyl or cyclic N) is 1. The van der Waals surface area contributed by atoms with Gasteiger partial charge in [-0.25, -0.2) is 9.59 Å². The normalized spacial score (nSPS) is 33.9. The number of nitrogens with zero attached hydrogens (tertiary/aromatic N) is 3. The fourth-order valence-corrected chi connectivity index (χ4v) is 3.77. The van der Waals surface area contributed by atoms with Gasteiger partial charge in [-0.3, -0.25) is 4.90 Å². The number of hydrogen-bond acceptors (Lipinski definition) is 4. The number of carboxylic acid groups (broad SMARTS) is 1. The Balaban J connectivity index is 1.66. The monoisotopic (exact) mass is 297 g/mol. The number of aliphatic carboxylic acids is 1. The number of rotatable bonds is 1. The Labute approximate surface area is 124 Å². The van der Waals surface area contributed by atoms with E-state index in [-0.39, 0.29) is 19.0 Å². The van der Waals surface area contributed by atoms with Crippen molar-refractivity contribution in [1.82, 2.24) is 14.7 Å². The third kappa shape index (κ3) is 2.85. The molecule has 118 valence electrons. The van der Waals surface area contributed by atoms with Gasteiger partial charge in [0.1, 0.15) is 6.04 Å². The van der Waals surface area contributed by atoms with Gasteiger partial charge in [0, 0.05) is 38.6 Å². The summed E-state index contributed by atoms with van der Waals surface area (Å²) in [6.07, 6.45) is 2.93. The van der Waals surface area contributed by atoms with Crippen molar-refractivity contribution in [1.29, 1.82) is 0 Å². The molecule has 1 unspecified atom stereocenters. The van der Waals surface area contributed by atoms with Crippen molar-refractivity contribution in [3.63, 3.8) is 0 Å². The van der Waals surface area contributed by atoms with E-state index in [2.05, 4.69) is 4.90 Å². The summed E-state index contributed by atoms with van der Waals surface area (Å²) in [6, 6.07) is -0.715. The van der Waals surface area contributed by atoms with Gasteiger partial charge < -0.3 is 20.0 Å². The molecule has 2 amide bonds. The number of aliphatic hydroxyl groups is 1. The molecule has 0 aliphatic carbocycles. The Hall–Kier alpha value is -1.34. The van der Waals surface area contributed by atoms with Crippen LogP contribution in [-0.2, 0) is 4.79 Å². The maximum Gasteiger partial charge on any atom is 0.326 e. The lowest BCUT2D eigenvalue weighted by Crippen LogP contribution is -2.59. The molecule has 7 nitrogen and oxygen atoms in total. The summed E-state index contributed by atoms with van der Waals surface area (Å²) in [4.78, 5) is 29.4. The van der Waals surface area contributed by atoms with E-state index in [1.165, 1.54) is 17.7 Å². The minimum absolute atomic E-state index is 0.126. The second-order valence-electron chi connectivity index (χ2n) is 6.31. The molecule has 3 heterocycles. The summed E-state index contributed by atoms with van der Waals surface area (Å²) in [7, 11) is 0. The van der Waals surface area contributed by atoms with Gasteiger partial charge in [-0.05, 0) is 19.4 Å². The minimum Gasteiger partial charge on any atom is -0.480 e. The highest BCUT2D eigenvalue weighted by atomic mass is 16.4. The van der Waals surface area contributed by atoms with Gasteiger partial charge in [0.15, 0.2) is 0 Å². The zero-order valence-electron chi connectivity index (χ0n) is 12.1. The summed E-state index contributed by atoms with van der Waals surface area (Å²) in [6.45, 7) is 3.42. The molecule has 0 saturated carbocycles. The van der Waals surface area contributed by atoms with Crippen LogP contribution in [0.1, 0.15) is 25.7 Å². The third-order valence-electron chi connectivity index (χ3n) is 4.92. The van der Waals surface area contributed by atoms with Gasteiger partial charge in [-0.15, -0.1) is 0 Å². The van der Waals surface area contributed by atoms with Crippen LogP contribution in [0.4, 0.5) is 4.79 Å². The fourth-order valence-electron chi connectivity index (χ4n) is 3.77. The van der Waals surface area contributed by atoms with E-state index in [0.29, 0.717) is 19.1 Å². The van der Waals surface area contributed by atoms with Crippen LogP contribution >= 0.6 is 0 Å². The van der Waals surface area contributed by atoms with Gasteiger partial charge in [-0.2, -0.15) is 0 Å². The lowest BCUT2D eigenvalue weighted by atomic mass is 10.00. The SMILES string of the molecule is O=C(O)[C@H]1C[C@@H](O)CN1C(=O)N1CCN2CCCCC2C1. The summed E-state index contributed by atoms with van der Waals surface area (Å²) >= 11 is 0. The average molecular weight is 297 g/mol. The van der Waals surface area contributed by atoms with Gasteiger partial charge in [0.2, 0.25) is 0 Å². The van der Waals surface area contributed by atoms with Gasteiger partial charge in [0.25, 0.3) is 0 Å². The fraction of sp³-hybridized carbons (Fsp3) is 0.857. The lowest BCUT2D eigenvalue weighted by Gasteiger charge is -2.45. The van der Waals surface area contributed by atoms with Gasteiger partial charge in [0.05, 0.1) is 6.10 Å². The summed E-state index contributed by atoms with van der Waals surface area (Å²) in [5, 5.41) is 18.9. The van der Waals surface area contributed by atoms with Gasteiger partial charge in [-0.1, -0.05) is 6.42 Å². The quantitative estimate of drug-likeness (QED) is 0.700. The number of piperazine rings is 1. The van der Waals surface area contributed by atoms with Crippen LogP contribution in [0.15, 0.2) is 0 Å². The van der Waals surface area contributed by atoms with E-state index in [0.717, 1.165) is 19.5 Å². The number of carbonyl (C=O) groups is 2. The predicted octanol–water partition coefficient (Wildman–Crippen LogP) is -0.204. The second-order valence-corrected chi connectivity index (χ2v) is 6.31. The Bertz CT molecular complexity index is 430. The topological polar surface area (TPSA) is 84.3 Å². The van der Waals surface area contributed by atoms with Crippen LogP contribution in [0.3, 0.4) is 0 Å². The molecule has 3 aliphatic rings. The van der Waals surface area contributed by atoms with Crippen LogP contribution < -0.4 is 0 Å². The molecule has 2 N–H and O–H groups in total. The summed E-state index contributed by atoms with van der Waals surface area (Å²) < 4.78 is 0. The number of piperidine rings is 1. The first-order chi connectivity index (χ1) is 10.1. The zero-order chi connectivity index (χ0) is 15.0. The van der Waals surface area contributed by atoms with Crippen LogP contribution in [0, 0.1) is 0 Å². The standard InChI is InChI=1S/C14H23N3O4/c18-11-7-12(13(19)20)17(9-11)14(21)16-6-5-15-4-2-1-3-10(15)8-16/h10-12,18H,1-9H2,(H,19,20)/t10?,11-,12-/m1/s1. The lowest BCUT2D eigenvalue weighted by molar-refractivity contribution is -0.141. The van der Waals surface area contributed by atoms with Crippen molar-refractivity contribution in [3.05, 3.63) is 0 Å². The van der Waals surface area contributed by atoms with Crippen LogP contribution in [0.2, 0.25) is 0 Å². The highest BCUT2D eigenvalue weighted by Gasteiger charge is 2.42. The van der Waals surface area contributed by atoms with E-state index in [4.69, 9.17) is 0 Å². The number of urea groups is 1. The van der Waals surface area contributed by atoms with E-state index in [1.54, 1.807) is 4.90 Å².